The van der Waals surface area contributed by atoms with Gasteiger partial charge in [0.05, 0.1) is 13.2 Å². The van der Waals surface area contributed by atoms with Crippen molar-refractivity contribution in [1.29, 1.82) is 0 Å². The Labute approximate surface area is 105 Å². The normalized spacial score (nSPS) is 28.7. The maximum atomic E-state index is 12.1. The lowest BCUT2D eigenvalue weighted by atomic mass is 9.88. The van der Waals surface area contributed by atoms with Gasteiger partial charge in [0, 0.05) is 37.7 Å². The fourth-order valence-electron chi connectivity index (χ4n) is 2.60. The van der Waals surface area contributed by atoms with Crippen molar-refractivity contribution < 1.29 is 9.53 Å². The minimum absolute atomic E-state index is 0.112. The monoisotopic (exact) mass is 248 g/mol. The second-order valence-corrected chi connectivity index (χ2v) is 4.95. The van der Waals surface area contributed by atoms with Crippen LogP contribution in [-0.4, -0.2) is 48.7 Å². The van der Waals surface area contributed by atoms with Crippen molar-refractivity contribution >= 4 is 11.7 Å². The first kappa shape index (κ1) is 11.6. The summed E-state index contributed by atoms with van der Waals surface area (Å²) in [6.07, 6.45) is 3.64. The van der Waals surface area contributed by atoms with Gasteiger partial charge in [-0.05, 0) is 6.07 Å². The van der Waals surface area contributed by atoms with Gasteiger partial charge in [0.15, 0.2) is 0 Å². The lowest BCUT2D eigenvalue weighted by molar-refractivity contribution is -0.118. The molecule has 3 rings (SSSR count). The van der Waals surface area contributed by atoms with Crippen LogP contribution in [0.2, 0.25) is 0 Å². The molecule has 1 aromatic rings. The van der Waals surface area contributed by atoms with Gasteiger partial charge in [0.2, 0.25) is 5.91 Å². The Hall–Kier alpha value is -1.53. The van der Waals surface area contributed by atoms with Gasteiger partial charge in [-0.3, -0.25) is 9.69 Å². The Morgan fingerprint density at radius 3 is 3.28 bits per heavy atom. The molecular formula is C12H16N4O2. The molecule has 1 unspecified atom stereocenters. The number of ether oxygens (including phenoxy) is 1. The highest BCUT2D eigenvalue weighted by Gasteiger charge is 2.44. The second-order valence-electron chi connectivity index (χ2n) is 4.95. The molecule has 0 radical (unpaired) electrons. The molecule has 0 aromatic carbocycles. The van der Waals surface area contributed by atoms with Crippen LogP contribution in [0.3, 0.4) is 0 Å². The highest BCUT2D eigenvalue weighted by atomic mass is 16.5. The molecule has 18 heavy (non-hydrogen) atoms. The van der Waals surface area contributed by atoms with Crippen LogP contribution < -0.4 is 10.2 Å². The van der Waals surface area contributed by atoms with Crippen LogP contribution in [0.4, 0.5) is 5.82 Å². The molecule has 1 aromatic heterocycles. The van der Waals surface area contributed by atoms with Crippen molar-refractivity contribution in [2.45, 2.75) is 6.42 Å². The largest absolute Gasteiger partial charge is 0.379 e. The summed E-state index contributed by atoms with van der Waals surface area (Å²) in [6.45, 7) is 3.68. The smallest absolute Gasteiger partial charge is 0.228 e. The maximum absolute atomic E-state index is 12.1. The molecule has 2 aliphatic heterocycles. The molecule has 1 atom stereocenters. The van der Waals surface area contributed by atoms with Gasteiger partial charge in [-0.2, -0.15) is 0 Å². The zero-order valence-electron chi connectivity index (χ0n) is 10.1. The molecule has 2 aliphatic rings. The Balaban J connectivity index is 1.81. The first-order chi connectivity index (χ1) is 8.79. The van der Waals surface area contributed by atoms with E-state index in [1.165, 1.54) is 6.33 Å². The molecule has 2 saturated heterocycles. The molecule has 6 nitrogen and oxygen atoms in total. The van der Waals surface area contributed by atoms with Crippen LogP contribution in [0.5, 0.6) is 0 Å². The molecule has 6 heteroatoms. The fraction of sp³-hybridized carbons (Fsp3) is 0.583. The van der Waals surface area contributed by atoms with Gasteiger partial charge < -0.3 is 10.1 Å². The summed E-state index contributed by atoms with van der Waals surface area (Å²) >= 11 is 0. The van der Waals surface area contributed by atoms with Crippen LogP contribution in [0.15, 0.2) is 18.6 Å². The van der Waals surface area contributed by atoms with Gasteiger partial charge in [-0.15, -0.1) is 0 Å². The SMILES string of the molecule is O=C1CC2(CNCCOC2)CN1c1ccncn1. The predicted molar refractivity (Wildman–Crippen MR) is 65.1 cm³/mol. The quantitative estimate of drug-likeness (QED) is 0.746. The first-order valence-electron chi connectivity index (χ1n) is 6.14. The van der Waals surface area contributed by atoms with Gasteiger partial charge >= 0.3 is 0 Å². The van der Waals surface area contributed by atoms with Gasteiger partial charge in [0.25, 0.3) is 0 Å². The minimum Gasteiger partial charge on any atom is -0.379 e. The number of anilines is 1. The summed E-state index contributed by atoms with van der Waals surface area (Å²) < 4.78 is 5.59. The first-order valence-corrected chi connectivity index (χ1v) is 6.14. The number of amides is 1. The lowest BCUT2D eigenvalue weighted by Crippen LogP contribution is -2.38. The molecule has 0 saturated carbocycles. The van der Waals surface area contributed by atoms with Crippen molar-refractivity contribution in [2.24, 2.45) is 5.41 Å². The number of nitrogens with one attached hydrogen (secondary N) is 1. The van der Waals surface area contributed by atoms with Crippen LogP contribution >= 0.6 is 0 Å². The molecule has 96 valence electrons. The molecule has 1 N–H and O–H groups in total. The van der Waals surface area contributed by atoms with E-state index >= 15 is 0 Å². The molecular weight excluding hydrogens is 232 g/mol. The van der Waals surface area contributed by atoms with Crippen LogP contribution in [-0.2, 0) is 9.53 Å². The summed E-state index contributed by atoms with van der Waals surface area (Å²) in [5, 5.41) is 3.34. The zero-order valence-corrected chi connectivity index (χ0v) is 10.1. The van der Waals surface area contributed by atoms with Crippen LogP contribution in [0.25, 0.3) is 0 Å². The van der Waals surface area contributed by atoms with Gasteiger partial charge in [-0.1, -0.05) is 0 Å². The summed E-state index contributed by atoms with van der Waals surface area (Å²) in [5.74, 6) is 0.789. The van der Waals surface area contributed by atoms with E-state index in [1.54, 1.807) is 17.2 Å². The van der Waals surface area contributed by atoms with Crippen molar-refractivity contribution in [2.75, 3.05) is 37.7 Å². The Kier molecular flexibility index (Phi) is 2.97. The molecule has 2 fully saturated rings. The highest BCUT2D eigenvalue weighted by Crippen LogP contribution is 2.34. The van der Waals surface area contributed by atoms with Gasteiger partial charge in [-0.25, -0.2) is 9.97 Å². The lowest BCUT2D eigenvalue weighted by Gasteiger charge is -2.25. The zero-order chi connectivity index (χ0) is 12.4. The number of carbonyl (C=O) groups is 1. The van der Waals surface area contributed by atoms with Crippen molar-refractivity contribution in [1.82, 2.24) is 15.3 Å². The third kappa shape index (κ3) is 2.09. The minimum atomic E-state index is -0.113. The third-order valence-corrected chi connectivity index (χ3v) is 3.50. The average Bonchev–Trinajstić information content (AvgIpc) is 2.58. The summed E-state index contributed by atoms with van der Waals surface area (Å²) in [6, 6.07) is 1.77. The molecule has 3 heterocycles. The van der Waals surface area contributed by atoms with Crippen molar-refractivity contribution in [3.8, 4) is 0 Å². The number of hydrogen-bond donors (Lipinski definition) is 1. The maximum Gasteiger partial charge on any atom is 0.228 e. The molecule has 0 bridgehead atoms. The van der Waals surface area contributed by atoms with E-state index in [-0.39, 0.29) is 11.3 Å². The molecule has 1 amide bonds. The number of rotatable bonds is 1. The summed E-state index contributed by atoms with van der Waals surface area (Å²) in [4.78, 5) is 21.9. The van der Waals surface area contributed by atoms with Crippen LogP contribution in [0.1, 0.15) is 6.42 Å². The number of carbonyl (C=O) groups excluding carboxylic acids is 1. The summed E-state index contributed by atoms with van der Waals surface area (Å²) in [5.41, 5.74) is -0.113. The number of nitrogens with zero attached hydrogens (tertiary/aromatic N) is 3. The topological polar surface area (TPSA) is 67.3 Å². The second kappa shape index (κ2) is 4.62. The molecule has 1 spiro atoms. The Morgan fingerprint density at radius 2 is 2.44 bits per heavy atom. The summed E-state index contributed by atoms with van der Waals surface area (Å²) in [7, 11) is 0. The number of hydrogen-bond acceptors (Lipinski definition) is 5. The van der Waals surface area contributed by atoms with E-state index in [0.717, 1.165) is 13.1 Å². The van der Waals surface area contributed by atoms with E-state index < -0.39 is 0 Å². The van der Waals surface area contributed by atoms with E-state index in [1.807, 2.05) is 0 Å². The predicted octanol–water partition coefficient (Wildman–Crippen LogP) is -0.181. The fourth-order valence-corrected chi connectivity index (χ4v) is 2.60. The molecule has 0 aliphatic carbocycles. The third-order valence-electron chi connectivity index (χ3n) is 3.50. The Bertz CT molecular complexity index is 429. The highest BCUT2D eigenvalue weighted by molar-refractivity contribution is 5.95. The standard InChI is InChI=1S/C12H16N4O2/c17-11-5-12(6-13-3-4-18-8-12)7-16(11)10-1-2-14-9-15-10/h1-2,9,13H,3-8H2. The van der Waals surface area contributed by atoms with E-state index in [4.69, 9.17) is 4.74 Å². The van der Waals surface area contributed by atoms with Crippen molar-refractivity contribution in [3.63, 3.8) is 0 Å². The van der Waals surface area contributed by atoms with Crippen LogP contribution in [0, 0.1) is 5.41 Å². The number of aromatic nitrogens is 2. The van der Waals surface area contributed by atoms with E-state index in [0.29, 0.717) is 32.0 Å². The van der Waals surface area contributed by atoms with Crippen molar-refractivity contribution in [3.05, 3.63) is 18.6 Å². The average molecular weight is 248 g/mol. The van der Waals surface area contributed by atoms with Gasteiger partial charge in [0.1, 0.15) is 12.1 Å². The Morgan fingerprint density at radius 1 is 1.50 bits per heavy atom. The van der Waals surface area contributed by atoms with E-state index in [2.05, 4.69) is 15.3 Å². The van der Waals surface area contributed by atoms with E-state index in [9.17, 15) is 4.79 Å².